The van der Waals surface area contributed by atoms with E-state index in [1.807, 2.05) is 0 Å². The molecule has 2 atom stereocenters. The molecule has 2 aromatic rings. The lowest BCUT2D eigenvalue weighted by molar-refractivity contribution is 0.0875. The number of halogens is 2. The Morgan fingerprint density at radius 3 is 2.08 bits per heavy atom. The van der Waals surface area contributed by atoms with Gasteiger partial charge in [-0.15, -0.1) is 0 Å². The molecule has 4 nitrogen and oxygen atoms in total. The highest BCUT2D eigenvalue weighted by molar-refractivity contribution is 5.33. The molecule has 136 valence electrons. The fraction of sp³-hybridized carbons (Fsp3) is 0.400. The molecular formula is C20H22F2N4. The van der Waals surface area contributed by atoms with Crippen molar-refractivity contribution in [3.05, 3.63) is 81.7 Å². The zero-order valence-corrected chi connectivity index (χ0v) is 14.7. The highest BCUT2D eigenvalue weighted by Crippen LogP contribution is 2.35. The minimum absolute atomic E-state index is 0.0993. The molecule has 1 aliphatic rings. The largest absolute Gasteiger partial charge is 0.289 e. The van der Waals surface area contributed by atoms with Gasteiger partial charge in [0.15, 0.2) is 0 Å². The molecule has 0 spiro atoms. The van der Waals surface area contributed by atoms with Gasteiger partial charge in [0, 0.05) is 24.0 Å². The molecule has 0 amide bonds. The molecule has 1 heterocycles. The molecule has 0 saturated carbocycles. The van der Waals surface area contributed by atoms with E-state index in [-0.39, 0.29) is 23.7 Å². The summed E-state index contributed by atoms with van der Waals surface area (Å²) in [5.74, 6) is -0.0748. The Morgan fingerprint density at radius 2 is 1.58 bits per heavy atom. The van der Waals surface area contributed by atoms with Crippen LogP contribution in [0.2, 0.25) is 0 Å². The summed E-state index contributed by atoms with van der Waals surface area (Å²) in [5, 5.41) is 3.79. The van der Waals surface area contributed by atoms with E-state index >= 15 is 0 Å². The van der Waals surface area contributed by atoms with E-state index in [4.69, 9.17) is 5.53 Å². The van der Waals surface area contributed by atoms with E-state index in [1.54, 1.807) is 24.3 Å². The summed E-state index contributed by atoms with van der Waals surface area (Å²) < 4.78 is 26.9. The molecule has 26 heavy (non-hydrogen) atoms. The summed E-state index contributed by atoms with van der Waals surface area (Å²) in [5.41, 5.74) is 10.6. The highest BCUT2D eigenvalue weighted by Gasteiger charge is 2.33. The van der Waals surface area contributed by atoms with Crippen LogP contribution in [-0.2, 0) is 0 Å². The monoisotopic (exact) mass is 356 g/mol. The first-order valence-corrected chi connectivity index (χ1v) is 8.86. The lowest BCUT2D eigenvalue weighted by Gasteiger charge is -2.43. The molecule has 0 aliphatic carbocycles. The van der Waals surface area contributed by atoms with Gasteiger partial charge in [0.2, 0.25) is 0 Å². The smallest absolute Gasteiger partial charge is 0.123 e. The van der Waals surface area contributed by atoms with Gasteiger partial charge >= 0.3 is 0 Å². The van der Waals surface area contributed by atoms with Crippen molar-refractivity contribution in [1.29, 1.82) is 0 Å². The van der Waals surface area contributed by atoms with Gasteiger partial charge in [-0.25, -0.2) is 8.78 Å². The minimum atomic E-state index is -0.288. The maximum Gasteiger partial charge on any atom is 0.123 e. The normalized spacial score (nSPS) is 20.8. The van der Waals surface area contributed by atoms with Gasteiger partial charge in [-0.05, 0) is 59.7 Å². The maximum absolute atomic E-state index is 13.4. The van der Waals surface area contributed by atoms with E-state index in [2.05, 4.69) is 21.8 Å². The third kappa shape index (κ3) is 4.21. The third-order valence-corrected chi connectivity index (χ3v) is 5.04. The van der Waals surface area contributed by atoms with E-state index in [9.17, 15) is 8.78 Å². The van der Waals surface area contributed by atoms with Gasteiger partial charge in [-0.3, -0.25) is 4.90 Å². The Kier molecular flexibility index (Phi) is 5.86. The molecule has 3 rings (SSSR count). The first-order chi connectivity index (χ1) is 12.6. The zero-order chi connectivity index (χ0) is 18.5. The Bertz CT molecular complexity index is 724. The van der Waals surface area contributed by atoms with Crippen molar-refractivity contribution in [3.63, 3.8) is 0 Å². The summed E-state index contributed by atoms with van der Waals surface area (Å²) in [6.45, 7) is 3.43. The van der Waals surface area contributed by atoms with Crippen molar-refractivity contribution >= 4 is 0 Å². The van der Waals surface area contributed by atoms with Crippen molar-refractivity contribution < 1.29 is 8.78 Å². The second-order valence-corrected chi connectivity index (χ2v) is 6.95. The molecule has 6 heteroatoms. The third-order valence-electron chi connectivity index (χ3n) is 5.04. The Hall–Kier alpha value is -2.43. The molecule has 1 aliphatic heterocycles. The van der Waals surface area contributed by atoms with Gasteiger partial charge in [-0.1, -0.05) is 36.3 Å². The van der Waals surface area contributed by atoms with Crippen LogP contribution in [0.4, 0.5) is 8.78 Å². The number of likely N-dealkylation sites (tertiary alicyclic amines) is 1. The fourth-order valence-electron chi connectivity index (χ4n) is 3.75. The molecule has 2 aromatic carbocycles. The summed E-state index contributed by atoms with van der Waals surface area (Å²) in [4.78, 5) is 5.22. The topological polar surface area (TPSA) is 52.0 Å². The van der Waals surface area contributed by atoms with Crippen LogP contribution in [0, 0.1) is 17.6 Å². The zero-order valence-electron chi connectivity index (χ0n) is 14.7. The van der Waals surface area contributed by atoms with Crippen molar-refractivity contribution in [2.45, 2.75) is 31.8 Å². The van der Waals surface area contributed by atoms with Crippen molar-refractivity contribution in [3.8, 4) is 0 Å². The van der Waals surface area contributed by atoms with Crippen LogP contribution in [0.5, 0.6) is 0 Å². The van der Waals surface area contributed by atoms with Crippen molar-refractivity contribution in [2.75, 3.05) is 13.1 Å². The number of nitrogens with zero attached hydrogens (tertiary/aromatic N) is 4. The van der Waals surface area contributed by atoms with E-state index in [0.717, 1.165) is 30.5 Å². The molecular weight excluding hydrogens is 334 g/mol. The van der Waals surface area contributed by atoms with E-state index in [1.165, 1.54) is 24.3 Å². The molecule has 0 radical (unpaired) electrons. The minimum Gasteiger partial charge on any atom is -0.289 e. The van der Waals surface area contributed by atoms with Crippen LogP contribution in [0.3, 0.4) is 0 Å². The van der Waals surface area contributed by atoms with Crippen LogP contribution in [0.25, 0.3) is 10.4 Å². The summed E-state index contributed by atoms with van der Waals surface area (Å²) in [6.07, 6.45) is 2.00. The second kappa shape index (κ2) is 8.30. The summed E-state index contributed by atoms with van der Waals surface area (Å²) >= 11 is 0. The Morgan fingerprint density at radius 1 is 1.04 bits per heavy atom. The van der Waals surface area contributed by atoms with E-state index in [0.29, 0.717) is 12.5 Å². The SMILES string of the molecule is C[C@@H]1CC[C@@H](CN=[N+]=[N-])N(C(c2ccc(F)cc2)c2ccc(F)cc2)C1. The van der Waals surface area contributed by atoms with Crippen molar-refractivity contribution in [2.24, 2.45) is 11.0 Å². The first-order valence-electron chi connectivity index (χ1n) is 8.86. The molecule has 1 saturated heterocycles. The lowest BCUT2D eigenvalue weighted by Crippen LogP contribution is -2.46. The van der Waals surface area contributed by atoms with Gasteiger partial charge < -0.3 is 0 Å². The molecule has 0 unspecified atom stereocenters. The van der Waals surface area contributed by atoms with Gasteiger partial charge in [0.25, 0.3) is 0 Å². The van der Waals surface area contributed by atoms with Crippen LogP contribution in [0.1, 0.15) is 36.9 Å². The summed E-state index contributed by atoms with van der Waals surface area (Å²) in [7, 11) is 0. The van der Waals surface area contributed by atoms with Crippen LogP contribution in [-0.4, -0.2) is 24.0 Å². The summed E-state index contributed by atoms with van der Waals surface area (Å²) in [6, 6.07) is 12.8. The Labute approximate surface area is 152 Å². The second-order valence-electron chi connectivity index (χ2n) is 6.95. The number of rotatable bonds is 5. The number of azide groups is 1. The number of piperidine rings is 1. The highest BCUT2D eigenvalue weighted by atomic mass is 19.1. The molecule has 0 N–H and O–H groups in total. The molecule has 0 bridgehead atoms. The quantitative estimate of drug-likeness (QED) is 0.398. The van der Waals surface area contributed by atoms with Gasteiger partial charge in [0.05, 0.1) is 6.04 Å². The molecule has 0 aromatic heterocycles. The first kappa shape index (κ1) is 18.4. The van der Waals surface area contributed by atoms with Crippen molar-refractivity contribution in [1.82, 2.24) is 4.90 Å². The van der Waals surface area contributed by atoms with Crippen LogP contribution < -0.4 is 0 Å². The average molecular weight is 356 g/mol. The molecule has 1 fully saturated rings. The van der Waals surface area contributed by atoms with Crippen LogP contribution >= 0.6 is 0 Å². The standard InChI is InChI=1S/C20H22F2N4/c1-14-2-11-19(12-24-25-23)26(13-14)20(15-3-7-17(21)8-4-15)16-5-9-18(22)10-6-16/h3-10,14,19-20H,2,11-13H2,1H3/t14-,19+/m1/s1. The maximum atomic E-state index is 13.4. The number of hydrogen-bond donors (Lipinski definition) is 0. The van der Waals surface area contributed by atoms with Gasteiger partial charge in [0.1, 0.15) is 11.6 Å². The van der Waals surface area contributed by atoms with Crippen LogP contribution in [0.15, 0.2) is 53.6 Å². The average Bonchev–Trinajstić information content (AvgIpc) is 2.64. The van der Waals surface area contributed by atoms with E-state index < -0.39 is 0 Å². The predicted octanol–water partition coefficient (Wildman–Crippen LogP) is 5.47. The lowest BCUT2D eigenvalue weighted by atomic mass is 9.88. The Balaban J connectivity index is 2.03. The van der Waals surface area contributed by atoms with Gasteiger partial charge in [-0.2, -0.15) is 0 Å². The fourth-order valence-corrected chi connectivity index (χ4v) is 3.75. The number of benzene rings is 2. The number of hydrogen-bond acceptors (Lipinski definition) is 2. The predicted molar refractivity (Wildman–Crippen MR) is 97.5 cm³/mol.